The van der Waals surface area contributed by atoms with Crippen molar-refractivity contribution in [3.8, 4) is 11.3 Å². The third kappa shape index (κ3) is 5.82. The number of para-hydroxylation sites is 1. The zero-order chi connectivity index (χ0) is 24.0. The van der Waals surface area contributed by atoms with Crippen LogP contribution < -0.4 is 22.1 Å². The number of aromatic nitrogens is 4. The first kappa shape index (κ1) is 23.6. The highest BCUT2D eigenvalue weighted by molar-refractivity contribution is 5.85. The van der Waals surface area contributed by atoms with Crippen LogP contribution in [-0.4, -0.2) is 39.1 Å². The van der Waals surface area contributed by atoms with Crippen molar-refractivity contribution < 1.29 is 0 Å². The predicted molar refractivity (Wildman–Crippen MR) is 132 cm³/mol. The van der Waals surface area contributed by atoms with E-state index in [0.717, 1.165) is 35.1 Å². The highest BCUT2D eigenvalue weighted by atomic mass is 16.2. The van der Waals surface area contributed by atoms with Crippen molar-refractivity contribution in [2.45, 2.75) is 38.6 Å². The molecule has 1 fully saturated rings. The van der Waals surface area contributed by atoms with E-state index in [1.165, 1.54) is 12.4 Å². The number of benzene rings is 1. The van der Waals surface area contributed by atoms with Gasteiger partial charge in [-0.1, -0.05) is 24.8 Å². The summed E-state index contributed by atoms with van der Waals surface area (Å²) in [6.07, 6.45) is 6.49. The van der Waals surface area contributed by atoms with E-state index in [0.29, 0.717) is 23.2 Å². The van der Waals surface area contributed by atoms with E-state index in [1.807, 2.05) is 30.3 Å². The van der Waals surface area contributed by atoms with Crippen LogP contribution in [-0.2, 0) is 0 Å². The molecule has 4 rings (SSSR count). The van der Waals surface area contributed by atoms with Gasteiger partial charge in [0.05, 0.1) is 11.3 Å². The minimum absolute atomic E-state index is 0.315. The van der Waals surface area contributed by atoms with Crippen LogP contribution in [0, 0.1) is 5.41 Å². The van der Waals surface area contributed by atoms with E-state index < -0.39 is 11.2 Å². The molecule has 0 spiro atoms. The summed E-state index contributed by atoms with van der Waals surface area (Å²) >= 11 is 0. The van der Waals surface area contributed by atoms with Crippen molar-refractivity contribution >= 4 is 18.1 Å². The van der Waals surface area contributed by atoms with Gasteiger partial charge < -0.3 is 15.7 Å². The molecule has 0 saturated heterocycles. The molecule has 0 amide bonds. The van der Waals surface area contributed by atoms with Gasteiger partial charge in [-0.3, -0.25) is 14.8 Å². The minimum Gasteiger partial charge on any atom is -0.382 e. The summed E-state index contributed by atoms with van der Waals surface area (Å²) in [6.45, 7) is 7.90. The molecular weight excluding hydrogens is 418 g/mol. The number of aromatic amines is 2. The van der Waals surface area contributed by atoms with Crippen molar-refractivity contribution in [1.82, 2.24) is 19.7 Å². The summed E-state index contributed by atoms with van der Waals surface area (Å²) in [5.74, 6) is 0.443. The van der Waals surface area contributed by atoms with Crippen molar-refractivity contribution in [3.63, 3.8) is 0 Å². The summed E-state index contributed by atoms with van der Waals surface area (Å²) in [7, 11) is 1.70. The van der Waals surface area contributed by atoms with Gasteiger partial charge in [-0.25, -0.2) is 9.48 Å². The topological polar surface area (TPSA) is 132 Å². The van der Waals surface area contributed by atoms with Crippen LogP contribution in [0.5, 0.6) is 0 Å². The maximum atomic E-state index is 11.9. The smallest absolute Gasteiger partial charge is 0.325 e. The third-order valence-corrected chi connectivity index (χ3v) is 5.04. The summed E-state index contributed by atoms with van der Waals surface area (Å²) in [5.41, 5.74) is 3.56. The Morgan fingerprint density at radius 1 is 1.30 bits per heavy atom. The van der Waals surface area contributed by atoms with Gasteiger partial charge in [-0.15, -0.1) is 0 Å². The number of hydrogen-bond donors (Lipinski definition) is 4. The Morgan fingerprint density at radius 3 is 2.61 bits per heavy atom. The number of H-pyrrole nitrogens is 2. The standard InChI is InChI=1S/C14H15N5O2.C10H14N2/c1-3-19-12(15-2)9(8-4-5-8)6-11(18-19)10-7-16-14(21)17-13(10)20;1-8(2)12-10-6-4-3-5-9(10)7-11/h3,6-8H,1,4-5H2,2H3,(H2,16,17,20,21);3-8,11-12H,1-2H3. The second kappa shape index (κ2) is 10.5. The lowest BCUT2D eigenvalue weighted by Gasteiger charge is -2.11. The van der Waals surface area contributed by atoms with Crippen LogP contribution in [0.1, 0.15) is 43.7 Å². The lowest BCUT2D eigenvalue weighted by molar-refractivity contribution is 0.799. The van der Waals surface area contributed by atoms with Crippen LogP contribution >= 0.6 is 0 Å². The molecule has 172 valence electrons. The van der Waals surface area contributed by atoms with Crippen LogP contribution in [0.15, 0.2) is 57.7 Å². The fourth-order valence-electron chi connectivity index (χ4n) is 3.39. The Balaban J connectivity index is 0.000000218. The molecule has 2 aromatic heterocycles. The van der Waals surface area contributed by atoms with E-state index in [2.05, 4.69) is 45.8 Å². The summed E-state index contributed by atoms with van der Waals surface area (Å²) in [6, 6.07) is 10.1. The Bertz CT molecular complexity index is 1330. The Morgan fingerprint density at radius 2 is 2.03 bits per heavy atom. The zero-order valence-electron chi connectivity index (χ0n) is 19.1. The molecule has 1 saturated carbocycles. The fourth-order valence-corrected chi connectivity index (χ4v) is 3.39. The Labute approximate surface area is 191 Å². The molecule has 0 bridgehead atoms. The molecule has 0 radical (unpaired) electrons. The number of anilines is 1. The van der Waals surface area contributed by atoms with E-state index in [1.54, 1.807) is 17.9 Å². The monoisotopic (exact) mass is 447 g/mol. The van der Waals surface area contributed by atoms with Crippen LogP contribution in [0.4, 0.5) is 5.69 Å². The highest BCUT2D eigenvalue weighted by Gasteiger charge is 2.27. The molecule has 2 heterocycles. The maximum absolute atomic E-state index is 11.9. The lowest BCUT2D eigenvalue weighted by Crippen LogP contribution is -2.27. The number of nitrogens with one attached hydrogen (secondary N) is 4. The van der Waals surface area contributed by atoms with Gasteiger partial charge in [0.1, 0.15) is 0 Å². The van der Waals surface area contributed by atoms with Crippen molar-refractivity contribution in [2.75, 3.05) is 12.4 Å². The fraction of sp³-hybridized carbons (Fsp3) is 0.292. The molecule has 1 aliphatic rings. The Hall–Kier alpha value is -4.01. The SMILES string of the molecule is C=Cn1nc(-c2c[nH]c(=O)[nH]c2=O)cc(C2CC2)c1=NC.CC(C)Nc1ccccc1C=N. The lowest BCUT2D eigenvalue weighted by atomic mass is 10.1. The summed E-state index contributed by atoms with van der Waals surface area (Å²) in [4.78, 5) is 32.0. The van der Waals surface area contributed by atoms with Gasteiger partial charge in [0, 0.05) is 48.5 Å². The average Bonchev–Trinajstić information content (AvgIpc) is 3.64. The van der Waals surface area contributed by atoms with E-state index >= 15 is 0 Å². The highest BCUT2D eigenvalue weighted by Crippen LogP contribution is 2.38. The van der Waals surface area contributed by atoms with Crippen LogP contribution in [0.3, 0.4) is 0 Å². The van der Waals surface area contributed by atoms with Crippen molar-refractivity contribution in [1.29, 1.82) is 5.41 Å². The van der Waals surface area contributed by atoms with Gasteiger partial charge in [0.15, 0.2) is 5.49 Å². The average molecular weight is 448 g/mol. The Kier molecular flexibility index (Phi) is 7.55. The minimum atomic E-state index is -0.539. The second-order valence-electron chi connectivity index (χ2n) is 7.95. The van der Waals surface area contributed by atoms with Crippen molar-refractivity contribution in [3.05, 3.63) is 80.6 Å². The second-order valence-corrected chi connectivity index (χ2v) is 7.95. The third-order valence-electron chi connectivity index (χ3n) is 5.04. The van der Waals surface area contributed by atoms with E-state index in [-0.39, 0.29) is 0 Å². The molecular formula is C24H29N7O2. The largest absolute Gasteiger partial charge is 0.382 e. The summed E-state index contributed by atoms with van der Waals surface area (Å²) in [5, 5.41) is 14.8. The number of rotatable bonds is 6. The van der Waals surface area contributed by atoms with Gasteiger partial charge >= 0.3 is 5.69 Å². The molecule has 4 N–H and O–H groups in total. The van der Waals surface area contributed by atoms with Crippen molar-refractivity contribution in [2.24, 2.45) is 4.99 Å². The molecule has 0 aliphatic heterocycles. The normalized spacial score (nSPS) is 13.3. The van der Waals surface area contributed by atoms with Gasteiger partial charge in [0.25, 0.3) is 5.56 Å². The number of nitrogens with zero attached hydrogens (tertiary/aromatic N) is 3. The summed E-state index contributed by atoms with van der Waals surface area (Å²) < 4.78 is 1.56. The quantitative estimate of drug-likeness (QED) is 0.433. The van der Waals surface area contributed by atoms with Crippen LogP contribution in [0.2, 0.25) is 0 Å². The first-order valence-electron chi connectivity index (χ1n) is 10.8. The molecule has 3 aromatic rings. The first-order valence-corrected chi connectivity index (χ1v) is 10.8. The predicted octanol–water partition coefficient (Wildman–Crippen LogP) is 2.94. The molecule has 0 atom stereocenters. The number of hydrogen-bond acceptors (Lipinski definition) is 6. The van der Waals surface area contributed by atoms with Gasteiger partial charge in [-0.05, 0) is 44.7 Å². The molecule has 1 aromatic carbocycles. The van der Waals surface area contributed by atoms with Gasteiger partial charge in [0.2, 0.25) is 0 Å². The molecule has 9 heteroatoms. The first-order chi connectivity index (χ1) is 15.9. The van der Waals surface area contributed by atoms with Gasteiger partial charge in [-0.2, -0.15) is 5.10 Å². The molecule has 0 unspecified atom stereocenters. The molecule has 33 heavy (non-hydrogen) atoms. The molecule has 9 nitrogen and oxygen atoms in total. The zero-order valence-corrected chi connectivity index (χ0v) is 19.1. The van der Waals surface area contributed by atoms with E-state index in [4.69, 9.17) is 5.41 Å². The van der Waals surface area contributed by atoms with Crippen LogP contribution in [0.25, 0.3) is 17.5 Å². The van der Waals surface area contributed by atoms with E-state index in [9.17, 15) is 9.59 Å². The molecule has 1 aliphatic carbocycles. The maximum Gasteiger partial charge on any atom is 0.325 e.